The van der Waals surface area contributed by atoms with Crippen LogP contribution in [-0.4, -0.2) is 31.9 Å². The standard InChI is InChI=1S/C14H20ClNO2.C3H4O/c1-4-11-7-6-8-12(5-2)14(11)16(10-18-3)13(17)9-15;1-2-3-4/h6-8H,4-5,9-10H2,1-3H3;2-3H,1H2. The first kappa shape index (κ1) is 20.3. The maximum atomic E-state index is 12.0. The number of methoxy groups -OCH3 is 1. The van der Waals surface area contributed by atoms with Gasteiger partial charge in [0.1, 0.15) is 18.9 Å². The lowest BCUT2D eigenvalue weighted by molar-refractivity contribution is -0.117. The molecule has 122 valence electrons. The average molecular weight is 326 g/mol. The zero-order valence-electron chi connectivity index (χ0n) is 13.5. The second-order valence-electron chi connectivity index (χ2n) is 4.38. The number of allylic oxidation sites excluding steroid dienone is 1. The van der Waals surface area contributed by atoms with Crippen molar-refractivity contribution in [2.24, 2.45) is 0 Å². The van der Waals surface area contributed by atoms with E-state index in [1.165, 1.54) is 6.08 Å². The van der Waals surface area contributed by atoms with Gasteiger partial charge in [0.15, 0.2) is 0 Å². The van der Waals surface area contributed by atoms with E-state index < -0.39 is 0 Å². The van der Waals surface area contributed by atoms with Crippen LogP contribution in [0.2, 0.25) is 0 Å². The third kappa shape index (κ3) is 6.00. The van der Waals surface area contributed by atoms with E-state index in [0.29, 0.717) is 6.29 Å². The lowest BCUT2D eigenvalue weighted by atomic mass is 10.0. The number of carbonyl (C=O) groups excluding carboxylic acids is 2. The monoisotopic (exact) mass is 325 g/mol. The fourth-order valence-electron chi connectivity index (χ4n) is 2.02. The number of carbonyl (C=O) groups is 2. The molecule has 1 amide bonds. The Kier molecular flexibility index (Phi) is 11.1. The van der Waals surface area contributed by atoms with Crippen molar-refractivity contribution in [2.75, 3.05) is 24.6 Å². The molecule has 0 saturated heterocycles. The minimum absolute atomic E-state index is 0.0371. The van der Waals surface area contributed by atoms with Gasteiger partial charge in [-0.2, -0.15) is 0 Å². The van der Waals surface area contributed by atoms with E-state index in [-0.39, 0.29) is 18.5 Å². The number of para-hydroxylation sites is 1. The lowest BCUT2D eigenvalue weighted by Crippen LogP contribution is -2.35. The van der Waals surface area contributed by atoms with Gasteiger partial charge in [-0.3, -0.25) is 14.5 Å². The molecule has 4 nitrogen and oxygen atoms in total. The van der Waals surface area contributed by atoms with Crippen LogP contribution in [0, 0.1) is 0 Å². The fourth-order valence-corrected chi connectivity index (χ4v) is 2.17. The zero-order chi connectivity index (χ0) is 17.0. The number of halogens is 1. The predicted molar refractivity (Wildman–Crippen MR) is 91.5 cm³/mol. The number of rotatable bonds is 7. The Morgan fingerprint density at radius 3 is 2.14 bits per heavy atom. The molecular weight excluding hydrogens is 302 g/mol. The number of hydrogen-bond acceptors (Lipinski definition) is 3. The summed E-state index contributed by atoms with van der Waals surface area (Å²) in [6, 6.07) is 6.11. The lowest BCUT2D eigenvalue weighted by Gasteiger charge is -2.26. The number of alkyl halides is 1. The van der Waals surface area contributed by atoms with Gasteiger partial charge in [0, 0.05) is 7.11 Å². The van der Waals surface area contributed by atoms with Crippen LogP contribution in [0.3, 0.4) is 0 Å². The Bertz CT molecular complexity index is 461. The van der Waals surface area contributed by atoms with Gasteiger partial charge in [0.05, 0.1) is 5.69 Å². The molecule has 0 atom stereocenters. The van der Waals surface area contributed by atoms with E-state index in [0.717, 1.165) is 29.7 Å². The Balaban J connectivity index is 0.000000980. The van der Waals surface area contributed by atoms with Gasteiger partial charge in [-0.15, -0.1) is 11.6 Å². The maximum Gasteiger partial charge on any atom is 0.243 e. The molecule has 0 spiro atoms. The zero-order valence-corrected chi connectivity index (χ0v) is 14.2. The summed E-state index contributed by atoms with van der Waals surface area (Å²) >= 11 is 5.68. The fraction of sp³-hybridized carbons (Fsp3) is 0.412. The van der Waals surface area contributed by atoms with E-state index >= 15 is 0 Å². The summed E-state index contributed by atoms with van der Waals surface area (Å²) in [6.45, 7) is 7.50. The Hall–Kier alpha value is -1.65. The molecule has 22 heavy (non-hydrogen) atoms. The van der Waals surface area contributed by atoms with Crippen molar-refractivity contribution in [3.05, 3.63) is 42.0 Å². The molecule has 0 bridgehead atoms. The summed E-state index contributed by atoms with van der Waals surface area (Å²) in [5.74, 6) is -0.168. The van der Waals surface area contributed by atoms with Crippen molar-refractivity contribution in [3.8, 4) is 0 Å². The van der Waals surface area contributed by atoms with Gasteiger partial charge in [-0.05, 0) is 30.0 Å². The SMILES string of the molecule is C=CC=O.CCc1cccc(CC)c1N(COC)C(=O)CCl. The number of amides is 1. The van der Waals surface area contributed by atoms with Crippen LogP contribution in [0.4, 0.5) is 5.69 Å². The summed E-state index contributed by atoms with van der Waals surface area (Å²) < 4.78 is 5.13. The summed E-state index contributed by atoms with van der Waals surface area (Å²) in [5.41, 5.74) is 3.24. The van der Waals surface area contributed by atoms with Gasteiger partial charge in [-0.1, -0.05) is 38.6 Å². The predicted octanol–water partition coefficient (Wildman–Crippen LogP) is 3.36. The normalized spacial score (nSPS) is 9.45. The molecule has 0 N–H and O–H groups in total. The molecule has 0 heterocycles. The van der Waals surface area contributed by atoms with Crippen LogP contribution < -0.4 is 4.90 Å². The van der Waals surface area contributed by atoms with E-state index in [1.54, 1.807) is 12.0 Å². The van der Waals surface area contributed by atoms with Crippen LogP contribution in [0.1, 0.15) is 25.0 Å². The highest BCUT2D eigenvalue weighted by atomic mass is 35.5. The second kappa shape index (κ2) is 12.0. The van der Waals surface area contributed by atoms with E-state index in [1.807, 2.05) is 18.2 Å². The average Bonchev–Trinajstić information content (AvgIpc) is 2.58. The number of ether oxygens (including phenoxy) is 1. The van der Waals surface area contributed by atoms with Crippen LogP contribution >= 0.6 is 11.6 Å². The van der Waals surface area contributed by atoms with Crippen LogP contribution in [-0.2, 0) is 27.2 Å². The largest absolute Gasteiger partial charge is 0.364 e. The molecule has 1 aromatic rings. The molecule has 0 aliphatic heterocycles. The smallest absolute Gasteiger partial charge is 0.243 e. The second-order valence-corrected chi connectivity index (χ2v) is 4.64. The van der Waals surface area contributed by atoms with Crippen molar-refractivity contribution in [1.82, 2.24) is 0 Å². The van der Waals surface area contributed by atoms with Gasteiger partial charge < -0.3 is 4.74 Å². The maximum absolute atomic E-state index is 12.0. The molecule has 1 aromatic carbocycles. The molecule has 0 aromatic heterocycles. The Labute approximate surface area is 137 Å². The minimum atomic E-state index is -0.130. The van der Waals surface area contributed by atoms with Crippen molar-refractivity contribution < 1.29 is 14.3 Å². The number of hydrogen-bond donors (Lipinski definition) is 0. The topological polar surface area (TPSA) is 46.6 Å². The number of aldehydes is 1. The van der Waals surface area contributed by atoms with E-state index in [9.17, 15) is 4.79 Å². The molecule has 0 saturated carbocycles. The molecule has 0 fully saturated rings. The Morgan fingerprint density at radius 2 is 1.82 bits per heavy atom. The van der Waals surface area contributed by atoms with Crippen LogP contribution in [0.5, 0.6) is 0 Å². The molecular formula is C17H24ClNO3. The highest BCUT2D eigenvalue weighted by Gasteiger charge is 2.19. The first-order chi connectivity index (χ1) is 10.6. The number of anilines is 1. The first-order valence-corrected chi connectivity index (χ1v) is 7.66. The highest BCUT2D eigenvalue weighted by molar-refractivity contribution is 6.29. The molecule has 0 aliphatic carbocycles. The van der Waals surface area contributed by atoms with Gasteiger partial charge in [0.2, 0.25) is 5.91 Å². The molecule has 0 unspecified atom stereocenters. The number of benzene rings is 1. The van der Waals surface area contributed by atoms with Crippen molar-refractivity contribution in [2.45, 2.75) is 26.7 Å². The molecule has 0 aliphatic rings. The van der Waals surface area contributed by atoms with E-state index in [4.69, 9.17) is 21.1 Å². The van der Waals surface area contributed by atoms with Crippen molar-refractivity contribution in [3.63, 3.8) is 0 Å². The molecule has 0 radical (unpaired) electrons. The van der Waals surface area contributed by atoms with Crippen molar-refractivity contribution >= 4 is 29.5 Å². The Morgan fingerprint density at radius 1 is 1.32 bits per heavy atom. The third-order valence-electron chi connectivity index (χ3n) is 3.00. The summed E-state index contributed by atoms with van der Waals surface area (Å²) in [4.78, 5) is 22.6. The summed E-state index contributed by atoms with van der Waals surface area (Å²) in [7, 11) is 1.58. The summed E-state index contributed by atoms with van der Waals surface area (Å²) in [5, 5.41) is 0. The van der Waals surface area contributed by atoms with Crippen LogP contribution in [0.15, 0.2) is 30.9 Å². The minimum Gasteiger partial charge on any atom is -0.364 e. The quantitative estimate of drug-likeness (QED) is 0.334. The van der Waals surface area contributed by atoms with Gasteiger partial charge in [-0.25, -0.2) is 0 Å². The number of aryl methyl sites for hydroxylation is 2. The van der Waals surface area contributed by atoms with Crippen LogP contribution in [0.25, 0.3) is 0 Å². The van der Waals surface area contributed by atoms with Crippen molar-refractivity contribution in [1.29, 1.82) is 0 Å². The molecule has 5 heteroatoms. The van der Waals surface area contributed by atoms with Gasteiger partial charge >= 0.3 is 0 Å². The highest BCUT2D eigenvalue weighted by Crippen LogP contribution is 2.27. The van der Waals surface area contributed by atoms with Gasteiger partial charge in [0.25, 0.3) is 0 Å². The number of nitrogens with zero attached hydrogens (tertiary/aromatic N) is 1. The van der Waals surface area contributed by atoms with E-state index in [2.05, 4.69) is 20.4 Å². The third-order valence-corrected chi connectivity index (χ3v) is 3.23. The molecule has 1 rings (SSSR count). The summed E-state index contributed by atoms with van der Waals surface area (Å²) in [6.07, 6.45) is 3.58. The first-order valence-electron chi connectivity index (χ1n) is 7.13.